The summed E-state index contributed by atoms with van der Waals surface area (Å²) >= 11 is 27.2. The molecule has 3 aromatic carbocycles. The number of urea groups is 1. The summed E-state index contributed by atoms with van der Waals surface area (Å²) in [6.45, 7) is -0.397. The number of hydrogen-bond donors (Lipinski definition) is 2. The van der Waals surface area contributed by atoms with Crippen LogP contribution in [-0.2, 0) is 14.4 Å². The fraction of sp³-hybridized carbons (Fsp3) is 0.0400. The number of anilines is 2. The summed E-state index contributed by atoms with van der Waals surface area (Å²) in [4.78, 5) is 51.5. The summed E-state index contributed by atoms with van der Waals surface area (Å²) in [7, 11) is 0. The van der Waals surface area contributed by atoms with Gasteiger partial charge in [-0.05, 0) is 60.7 Å². The summed E-state index contributed by atoms with van der Waals surface area (Å²) in [5.41, 5.74) is 0.482. The first kappa shape index (κ1) is 27.9. The number of nitrogens with one attached hydrogen (secondary N) is 2. The fourth-order valence-electron chi connectivity index (χ4n) is 3.35. The zero-order chi connectivity index (χ0) is 27.6. The Balaban J connectivity index is 1.58. The van der Waals surface area contributed by atoms with Crippen molar-refractivity contribution in [1.29, 1.82) is 0 Å². The molecule has 8 nitrogen and oxygen atoms in total. The van der Waals surface area contributed by atoms with Crippen LogP contribution in [0.4, 0.5) is 16.2 Å². The van der Waals surface area contributed by atoms with Gasteiger partial charge in [0.1, 0.15) is 11.3 Å². The van der Waals surface area contributed by atoms with Gasteiger partial charge in [-0.3, -0.25) is 19.7 Å². The average Bonchev–Trinajstić information content (AvgIpc) is 2.85. The van der Waals surface area contributed by atoms with Gasteiger partial charge in [-0.2, -0.15) is 0 Å². The molecule has 194 valence electrons. The molecule has 1 aliphatic heterocycles. The van der Waals surface area contributed by atoms with Crippen LogP contribution in [0, 0.1) is 0 Å². The van der Waals surface area contributed by atoms with Crippen molar-refractivity contribution < 1.29 is 23.9 Å². The summed E-state index contributed by atoms with van der Waals surface area (Å²) in [6.07, 6.45) is 1.26. The van der Waals surface area contributed by atoms with Crippen LogP contribution in [-0.4, -0.2) is 30.4 Å². The van der Waals surface area contributed by atoms with Gasteiger partial charge in [0.2, 0.25) is 0 Å². The van der Waals surface area contributed by atoms with Gasteiger partial charge in [-0.1, -0.05) is 62.3 Å². The first-order valence-electron chi connectivity index (χ1n) is 10.6. The minimum Gasteiger partial charge on any atom is -0.483 e. The van der Waals surface area contributed by atoms with Crippen LogP contribution in [0.25, 0.3) is 6.08 Å². The second kappa shape index (κ2) is 11.8. The van der Waals surface area contributed by atoms with Crippen LogP contribution >= 0.6 is 62.3 Å². The predicted molar refractivity (Wildman–Crippen MR) is 150 cm³/mol. The molecule has 2 N–H and O–H groups in total. The molecule has 0 saturated carbocycles. The number of barbiturate groups is 1. The second-order valence-electron chi connectivity index (χ2n) is 7.70. The second-order valence-corrected chi connectivity index (χ2v) is 10.2. The third-order valence-electron chi connectivity index (χ3n) is 5.10. The largest absolute Gasteiger partial charge is 0.483 e. The quantitative estimate of drug-likeness (QED) is 0.226. The number of nitrogens with zero attached hydrogens (tertiary/aromatic N) is 1. The first-order valence-corrected chi connectivity index (χ1v) is 12.9. The average molecular weight is 658 g/mol. The van der Waals surface area contributed by atoms with Crippen molar-refractivity contribution in [3.05, 3.63) is 90.3 Å². The molecule has 0 bridgehead atoms. The lowest BCUT2D eigenvalue weighted by atomic mass is 10.1. The highest BCUT2D eigenvalue weighted by molar-refractivity contribution is 9.10. The fourth-order valence-corrected chi connectivity index (χ4v) is 4.32. The van der Waals surface area contributed by atoms with Crippen LogP contribution in [0.3, 0.4) is 0 Å². The van der Waals surface area contributed by atoms with E-state index in [1.165, 1.54) is 36.4 Å². The van der Waals surface area contributed by atoms with E-state index in [0.717, 1.165) is 4.90 Å². The van der Waals surface area contributed by atoms with Crippen molar-refractivity contribution in [1.82, 2.24) is 5.32 Å². The molecular formula is C25H14BrCl4N3O5. The van der Waals surface area contributed by atoms with Gasteiger partial charge >= 0.3 is 6.03 Å². The molecule has 3 aromatic rings. The molecule has 1 aliphatic rings. The number of amides is 5. The van der Waals surface area contributed by atoms with Crippen molar-refractivity contribution in [2.75, 3.05) is 16.8 Å². The minimum atomic E-state index is -0.944. The van der Waals surface area contributed by atoms with E-state index in [4.69, 9.17) is 51.1 Å². The Morgan fingerprint density at radius 3 is 2.29 bits per heavy atom. The van der Waals surface area contributed by atoms with Crippen LogP contribution in [0.5, 0.6) is 5.75 Å². The van der Waals surface area contributed by atoms with Crippen molar-refractivity contribution in [3.8, 4) is 5.75 Å². The van der Waals surface area contributed by atoms with E-state index < -0.39 is 30.4 Å². The maximum absolute atomic E-state index is 13.2. The van der Waals surface area contributed by atoms with Crippen LogP contribution < -0.4 is 20.3 Å². The number of ether oxygens (including phenoxy) is 1. The number of hydrogen-bond acceptors (Lipinski definition) is 5. The molecule has 1 fully saturated rings. The third kappa shape index (κ3) is 6.31. The predicted octanol–water partition coefficient (Wildman–Crippen LogP) is 6.75. The smallest absolute Gasteiger partial charge is 0.335 e. The van der Waals surface area contributed by atoms with Gasteiger partial charge in [0.05, 0.1) is 25.8 Å². The van der Waals surface area contributed by atoms with Crippen molar-refractivity contribution in [2.45, 2.75) is 0 Å². The van der Waals surface area contributed by atoms with Gasteiger partial charge in [0.15, 0.2) is 6.61 Å². The Hall–Kier alpha value is -3.08. The molecule has 1 heterocycles. The van der Waals surface area contributed by atoms with Crippen LogP contribution in [0.2, 0.25) is 20.1 Å². The highest BCUT2D eigenvalue weighted by atomic mass is 79.9. The SMILES string of the molecule is O=C(COc1ccc(Br)cc1/C=C1/C(=O)NC(=O)N(c2ccc(Cl)c(Cl)c2)C1=O)Nc1ccc(Cl)c(Cl)c1. The molecule has 4 rings (SSSR count). The minimum absolute atomic E-state index is 0.116. The summed E-state index contributed by atoms with van der Waals surface area (Å²) in [5.74, 6) is -2.09. The van der Waals surface area contributed by atoms with E-state index in [2.05, 4.69) is 26.6 Å². The summed E-state index contributed by atoms with van der Waals surface area (Å²) in [5, 5.41) is 5.72. The molecule has 5 amide bonds. The normalized spacial score (nSPS) is 14.5. The maximum atomic E-state index is 13.2. The number of rotatable bonds is 6. The van der Waals surface area contributed by atoms with Crippen molar-refractivity contribution in [3.63, 3.8) is 0 Å². The van der Waals surface area contributed by atoms with E-state index in [1.807, 2.05) is 0 Å². The van der Waals surface area contributed by atoms with Gasteiger partial charge in [-0.15, -0.1) is 0 Å². The highest BCUT2D eigenvalue weighted by Crippen LogP contribution is 2.31. The molecule has 0 atom stereocenters. The molecule has 1 saturated heterocycles. The first-order chi connectivity index (χ1) is 18.0. The zero-order valence-electron chi connectivity index (χ0n) is 18.9. The van der Waals surface area contributed by atoms with Crippen LogP contribution in [0.15, 0.2) is 64.6 Å². The lowest BCUT2D eigenvalue weighted by molar-refractivity contribution is -0.122. The standard InChI is InChI=1S/C25H14BrCl4N3O5/c26-13-1-6-21(38-11-22(34)31-14-2-4-17(27)19(29)9-14)12(7-13)8-16-23(35)32-25(37)33(24(16)36)15-3-5-18(28)20(30)10-15/h1-10H,11H2,(H,31,34)(H,32,35,37)/b16-8-. The van der Waals surface area contributed by atoms with Gasteiger partial charge < -0.3 is 10.1 Å². The van der Waals surface area contributed by atoms with Crippen LogP contribution in [0.1, 0.15) is 5.56 Å². The number of halogens is 5. The van der Waals surface area contributed by atoms with Gasteiger partial charge in [0.25, 0.3) is 17.7 Å². The van der Waals surface area contributed by atoms with E-state index >= 15 is 0 Å². The molecule has 0 aliphatic carbocycles. The Morgan fingerprint density at radius 2 is 1.61 bits per heavy atom. The van der Waals surface area contributed by atoms with Gasteiger partial charge in [0, 0.05) is 15.7 Å². The third-order valence-corrected chi connectivity index (χ3v) is 7.07. The number of benzene rings is 3. The molecular weight excluding hydrogens is 644 g/mol. The van der Waals surface area contributed by atoms with E-state index in [0.29, 0.717) is 20.7 Å². The monoisotopic (exact) mass is 655 g/mol. The Morgan fingerprint density at radius 1 is 0.921 bits per heavy atom. The molecule has 13 heteroatoms. The maximum Gasteiger partial charge on any atom is 0.335 e. The van der Waals surface area contributed by atoms with Crippen molar-refractivity contribution >= 4 is 104 Å². The highest BCUT2D eigenvalue weighted by Gasteiger charge is 2.37. The Bertz CT molecular complexity index is 1530. The Labute approximate surface area is 244 Å². The molecule has 0 unspecified atom stereocenters. The lowest BCUT2D eigenvalue weighted by Crippen LogP contribution is -2.54. The number of imide groups is 2. The summed E-state index contributed by atoms with van der Waals surface area (Å²) in [6, 6.07) is 12.6. The molecule has 0 aromatic heterocycles. The van der Waals surface area contributed by atoms with E-state index in [9.17, 15) is 19.2 Å². The topological polar surface area (TPSA) is 105 Å². The molecule has 0 radical (unpaired) electrons. The zero-order valence-corrected chi connectivity index (χ0v) is 23.5. The molecule has 38 heavy (non-hydrogen) atoms. The lowest BCUT2D eigenvalue weighted by Gasteiger charge is -2.26. The van der Waals surface area contributed by atoms with E-state index in [-0.39, 0.29) is 32.1 Å². The van der Waals surface area contributed by atoms with Gasteiger partial charge in [-0.25, -0.2) is 9.69 Å². The van der Waals surface area contributed by atoms with E-state index in [1.54, 1.807) is 24.3 Å². The van der Waals surface area contributed by atoms with Crippen molar-refractivity contribution in [2.24, 2.45) is 0 Å². The Kier molecular flexibility index (Phi) is 8.64. The molecule has 0 spiro atoms. The number of carbonyl (C=O) groups is 4. The summed E-state index contributed by atoms with van der Waals surface area (Å²) < 4.78 is 6.27. The number of carbonyl (C=O) groups excluding carboxylic acids is 4.